The minimum Gasteiger partial charge on any atom is -0.338 e. The molecule has 0 amide bonds. The third-order valence-electron chi connectivity index (χ3n) is 4.43. The molecule has 2 heterocycles. The number of nitrogens with zero attached hydrogens (tertiary/aromatic N) is 4. The van der Waals surface area contributed by atoms with Gasteiger partial charge in [-0.3, -0.25) is 0 Å². The second-order valence-corrected chi connectivity index (χ2v) is 8.34. The maximum atomic E-state index is 13.4. The molecule has 146 valence electrons. The summed E-state index contributed by atoms with van der Waals surface area (Å²) in [6.07, 6.45) is 0. The van der Waals surface area contributed by atoms with E-state index in [-0.39, 0.29) is 5.82 Å². The second-order valence-electron chi connectivity index (χ2n) is 6.49. The molecule has 0 saturated heterocycles. The van der Waals surface area contributed by atoms with Crippen molar-refractivity contribution >= 4 is 27.7 Å². The lowest BCUT2D eigenvalue weighted by molar-refractivity contribution is 0.391. The number of rotatable bonds is 5. The van der Waals surface area contributed by atoms with E-state index >= 15 is 0 Å². The Morgan fingerprint density at radius 3 is 2.52 bits per heavy atom. The predicted octanol–water partition coefficient (Wildman–Crippen LogP) is 6.00. The number of aromatic nitrogens is 4. The molecule has 0 unspecified atom stereocenters. The monoisotopic (exact) mass is 470 g/mol. The van der Waals surface area contributed by atoms with E-state index < -0.39 is 0 Å². The first kappa shape index (κ1) is 19.7. The molecule has 5 nitrogen and oxygen atoms in total. The van der Waals surface area contributed by atoms with Gasteiger partial charge in [-0.15, -0.1) is 10.2 Å². The summed E-state index contributed by atoms with van der Waals surface area (Å²) < 4.78 is 19.0. The van der Waals surface area contributed by atoms with E-state index in [2.05, 4.69) is 62.2 Å². The minimum atomic E-state index is -0.337. The molecule has 0 atom stereocenters. The Hall–Kier alpha value is -2.58. The molecule has 0 saturated carbocycles. The molecule has 0 fully saturated rings. The van der Waals surface area contributed by atoms with Crippen LogP contribution in [0, 0.1) is 19.7 Å². The van der Waals surface area contributed by atoms with Crippen LogP contribution in [0.5, 0.6) is 0 Å². The molecule has 0 aliphatic heterocycles. The summed E-state index contributed by atoms with van der Waals surface area (Å²) in [6, 6.07) is 14.7. The molecular formula is C21H16BrFN4OS. The van der Waals surface area contributed by atoms with Gasteiger partial charge < -0.3 is 4.52 Å². The van der Waals surface area contributed by atoms with Gasteiger partial charge in [-0.2, -0.15) is 4.98 Å². The van der Waals surface area contributed by atoms with Gasteiger partial charge in [-0.05, 0) is 77.3 Å². The highest BCUT2D eigenvalue weighted by atomic mass is 79.9. The van der Waals surface area contributed by atoms with Crippen molar-refractivity contribution in [1.82, 2.24) is 20.3 Å². The van der Waals surface area contributed by atoms with Crippen molar-refractivity contribution in [2.75, 3.05) is 0 Å². The molecule has 0 radical (unpaired) electrons. The quantitative estimate of drug-likeness (QED) is 0.333. The van der Waals surface area contributed by atoms with Gasteiger partial charge in [0.25, 0.3) is 0 Å². The summed E-state index contributed by atoms with van der Waals surface area (Å²) in [5, 5.41) is 13.3. The average Bonchev–Trinajstić information content (AvgIpc) is 3.20. The number of hydrogen-bond acceptors (Lipinski definition) is 6. The first-order chi connectivity index (χ1) is 14.0. The van der Waals surface area contributed by atoms with E-state index in [0.717, 1.165) is 16.3 Å². The number of benzene rings is 2. The van der Waals surface area contributed by atoms with Crippen molar-refractivity contribution in [1.29, 1.82) is 0 Å². The summed E-state index contributed by atoms with van der Waals surface area (Å²) in [7, 11) is 0. The van der Waals surface area contributed by atoms with E-state index in [1.807, 2.05) is 18.2 Å². The zero-order valence-electron chi connectivity index (χ0n) is 15.7. The summed E-state index contributed by atoms with van der Waals surface area (Å²) in [5.41, 5.74) is 5.03. The number of thioether (sulfide) groups is 1. The average molecular weight is 471 g/mol. The molecule has 0 aliphatic carbocycles. The Morgan fingerprint density at radius 1 is 0.966 bits per heavy atom. The maximum Gasteiger partial charge on any atom is 0.237 e. The molecule has 29 heavy (non-hydrogen) atoms. The number of hydrogen-bond donors (Lipinski definition) is 0. The molecule has 2 aromatic heterocycles. The van der Waals surface area contributed by atoms with Crippen LogP contribution >= 0.6 is 27.7 Å². The Morgan fingerprint density at radius 2 is 1.79 bits per heavy atom. The van der Waals surface area contributed by atoms with Crippen LogP contribution in [0.15, 0.2) is 62.6 Å². The topological polar surface area (TPSA) is 64.7 Å². The van der Waals surface area contributed by atoms with Crippen LogP contribution in [0.3, 0.4) is 0 Å². The fraction of sp³-hybridized carbons (Fsp3) is 0.143. The van der Waals surface area contributed by atoms with E-state index in [1.54, 1.807) is 12.1 Å². The molecule has 4 rings (SSSR count). The van der Waals surface area contributed by atoms with Crippen LogP contribution in [0.1, 0.15) is 17.0 Å². The molecule has 0 aliphatic rings. The van der Waals surface area contributed by atoms with E-state index in [9.17, 15) is 4.39 Å². The van der Waals surface area contributed by atoms with Crippen LogP contribution in [0.25, 0.3) is 22.6 Å². The Balaban J connectivity index is 1.42. The van der Waals surface area contributed by atoms with E-state index in [0.29, 0.717) is 27.5 Å². The van der Waals surface area contributed by atoms with Crippen molar-refractivity contribution < 1.29 is 8.91 Å². The highest BCUT2D eigenvalue weighted by Gasteiger charge is 2.12. The van der Waals surface area contributed by atoms with Crippen molar-refractivity contribution in [3.05, 3.63) is 75.8 Å². The maximum absolute atomic E-state index is 13.4. The van der Waals surface area contributed by atoms with Gasteiger partial charge in [0.05, 0.1) is 15.9 Å². The minimum absolute atomic E-state index is 0.337. The Kier molecular flexibility index (Phi) is 5.73. The van der Waals surface area contributed by atoms with Gasteiger partial charge in [0.15, 0.2) is 0 Å². The zero-order valence-corrected chi connectivity index (χ0v) is 18.1. The van der Waals surface area contributed by atoms with Crippen LogP contribution in [0.2, 0.25) is 0 Å². The lowest BCUT2D eigenvalue weighted by Crippen LogP contribution is -1.91. The van der Waals surface area contributed by atoms with Crippen LogP contribution < -0.4 is 0 Å². The highest BCUT2D eigenvalue weighted by Crippen LogP contribution is 2.26. The Bertz CT molecular complexity index is 1160. The molecule has 0 N–H and O–H groups in total. The molecule has 0 spiro atoms. The molecule has 4 aromatic rings. The molecular weight excluding hydrogens is 455 g/mol. The fourth-order valence-corrected chi connectivity index (χ4v) is 3.68. The van der Waals surface area contributed by atoms with E-state index in [4.69, 9.17) is 4.52 Å². The highest BCUT2D eigenvalue weighted by molar-refractivity contribution is 9.10. The van der Waals surface area contributed by atoms with Crippen LogP contribution in [0.4, 0.5) is 4.39 Å². The van der Waals surface area contributed by atoms with Gasteiger partial charge in [-0.25, -0.2) is 4.39 Å². The third-order valence-corrected chi connectivity index (χ3v) is 5.94. The summed E-state index contributed by atoms with van der Waals surface area (Å²) in [4.78, 5) is 4.36. The van der Waals surface area contributed by atoms with E-state index in [1.165, 1.54) is 29.0 Å². The SMILES string of the molecule is Cc1ccc(-c2ccc(SCc3nc(-c4ccc(F)c(Br)c4)no3)nn2)cc1C. The second kappa shape index (κ2) is 8.42. The number of halogens is 2. The van der Waals surface area contributed by atoms with Gasteiger partial charge in [0.1, 0.15) is 10.8 Å². The van der Waals surface area contributed by atoms with Gasteiger partial charge >= 0.3 is 0 Å². The summed E-state index contributed by atoms with van der Waals surface area (Å²) >= 11 is 4.62. The smallest absolute Gasteiger partial charge is 0.237 e. The predicted molar refractivity (Wildman–Crippen MR) is 114 cm³/mol. The fourth-order valence-electron chi connectivity index (χ4n) is 2.65. The lowest BCUT2D eigenvalue weighted by atomic mass is 10.0. The van der Waals surface area contributed by atoms with Gasteiger partial charge in [-0.1, -0.05) is 29.1 Å². The van der Waals surface area contributed by atoms with Crippen molar-refractivity contribution in [2.45, 2.75) is 24.6 Å². The molecule has 8 heteroatoms. The van der Waals surface area contributed by atoms with Gasteiger partial charge in [0.2, 0.25) is 11.7 Å². The Labute approximate surface area is 179 Å². The normalized spacial score (nSPS) is 11.0. The van der Waals surface area contributed by atoms with Gasteiger partial charge in [0, 0.05) is 11.1 Å². The van der Waals surface area contributed by atoms with Crippen molar-refractivity contribution in [3.63, 3.8) is 0 Å². The van der Waals surface area contributed by atoms with Crippen molar-refractivity contribution in [2.24, 2.45) is 0 Å². The van der Waals surface area contributed by atoms with Crippen LogP contribution in [-0.2, 0) is 5.75 Å². The first-order valence-corrected chi connectivity index (χ1v) is 10.6. The third kappa shape index (κ3) is 4.54. The summed E-state index contributed by atoms with van der Waals surface area (Å²) in [6.45, 7) is 4.17. The zero-order chi connectivity index (χ0) is 20.4. The largest absolute Gasteiger partial charge is 0.338 e. The summed E-state index contributed by atoms with van der Waals surface area (Å²) in [5.74, 6) is 1.01. The van der Waals surface area contributed by atoms with Crippen molar-refractivity contribution in [3.8, 4) is 22.6 Å². The molecule has 0 bridgehead atoms. The number of aryl methyl sites for hydroxylation is 2. The molecule has 2 aromatic carbocycles. The first-order valence-electron chi connectivity index (χ1n) is 8.82. The lowest BCUT2D eigenvalue weighted by Gasteiger charge is -2.05. The standard InChI is InChI=1S/C21H16BrFN4OS/c1-12-3-4-14(9-13(12)2)18-7-8-20(26-25-18)29-11-19-24-21(27-28-19)15-5-6-17(23)16(22)10-15/h3-10H,11H2,1-2H3. The van der Waals surface area contributed by atoms with Crippen LogP contribution in [-0.4, -0.2) is 20.3 Å².